The molecule has 17 heavy (non-hydrogen) atoms. The van der Waals surface area contributed by atoms with E-state index in [4.69, 9.17) is 23.2 Å². The maximum atomic E-state index is 5.88. The largest absolute Gasteiger partial charge is 0.356 e. The molecule has 0 aromatic carbocycles. The van der Waals surface area contributed by atoms with Gasteiger partial charge in [-0.2, -0.15) is 0 Å². The smallest absolute Gasteiger partial charge is 0.225 e. The summed E-state index contributed by atoms with van der Waals surface area (Å²) in [5.74, 6) is 0.826. The van der Waals surface area contributed by atoms with E-state index >= 15 is 0 Å². The van der Waals surface area contributed by atoms with Crippen molar-refractivity contribution >= 4 is 29.0 Å². The average molecular weight is 275 g/mol. The van der Waals surface area contributed by atoms with Gasteiger partial charge in [-0.25, -0.2) is 9.97 Å². The van der Waals surface area contributed by atoms with Crippen molar-refractivity contribution < 1.29 is 0 Å². The third-order valence-corrected chi connectivity index (χ3v) is 3.54. The molecular weight excluding hydrogens is 259 g/mol. The predicted octanol–water partition coefficient (Wildman–Crippen LogP) is 2.31. The van der Waals surface area contributed by atoms with Crippen LogP contribution in [0.15, 0.2) is 6.07 Å². The normalized spacial score (nSPS) is 17.8. The first-order valence-electron chi connectivity index (χ1n) is 5.67. The standard InChI is InChI=1S/C11H16Cl2N4/c1-16(2)8-3-5-17(6-4-8)10-7-9(12)14-11(13)15-10/h7-8H,3-6H2,1-2H3. The summed E-state index contributed by atoms with van der Waals surface area (Å²) >= 11 is 11.7. The quantitative estimate of drug-likeness (QED) is 0.612. The van der Waals surface area contributed by atoms with Gasteiger partial charge in [-0.05, 0) is 38.5 Å². The van der Waals surface area contributed by atoms with Crippen molar-refractivity contribution in [1.29, 1.82) is 0 Å². The molecule has 1 aromatic heterocycles. The molecule has 1 aliphatic heterocycles. The van der Waals surface area contributed by atoms with Crippen molar-refractivity contribution in [3.05, 3.63) is 16.5 Å². The lowest BCUT2D eigenvalue weighted by Gasteiger charge is -2.35. The molecule has 1 aromatic rings. The Morgan fingerprint density at radius 1 is 1.24 bits per heavy atom. The van der Waals surface area contributed by atoms with Crippen molar-refractivity contribution in [3.8, 4) is 0 Å². The molecule has 1 aliphatic rings. The summed E-state index contributed by atoms with van der Waals surface area (Å²) in [6, 6.07) is 2.42. The van der Waals surface area contributed by atoms with Crippen LogP contribution in [-0.4, -0.2) is 48.1 Å². The summed E-state index contributed by atoms with van der Waals surface area (Å²) in [5.41, 5.74) is 0. The first-order chi connectivity index (χ1) is 8.06. The van der Waals surface area contributed by atoms with Crippen LogP contribution < -0.4 is 4.90 Å². The van der Waals surface area contributed by atoms with E-state index in [0.717, 1.165) is 31.7 Å². The second kappa shape index (κ2) is 5.38. The summed E-state index contributed by atoms with van der Waals surface area (Å²) in [6.07, 6.45) is 2.26. The lowest BCUT2D eigenvalue weighted by atomic mass is 10.0. The van der Waals surface area contributed by atoms with Crippen LogP contribution in [0.4, 0.5) is 5.82 Å². The van der Waals surface area contributed by atoms with E-state index < -0.39 is 0 Å². The lowest BCUT2D eigenvalue weighted by molar-refractivity contribution is 0.249. The third kappa shape index (κ3) is 3.21. The summed E-state index contributed by atoms with van der Waals surface area (Å²) in [4.78, 5) is 12.5. The van der Waals surface area contributed by atoms with Crippen molar-refractivity contribution in [1.82, 2.24) is 14.9 Å². The summed E-state index contributed by atoms with van der Waals surface area (Å²) in [6.45, 7) is 1.96. The Labute approximate surface area is 112 Å². The zero-order chi connectivity index (χ0) is 12.4. The van der Waals surface area contributed by atoms with E-state index in [1.165, 1.54) is 0 Å². The molecule has 0 amide bonds. The first kappa shape index (κ1) is 12.9. The van der Waals surface area contributed by atoms with Gasteiger partial charge >= 0.3 is 0 Å². The molecule has 0 N–H and O–H groups in total. The maximum absolute atomic E-state index is 5.88. The molecule has 0 saturated carbocycles. The van der Waals surface area contributed by atoms with Gasteiger partial charge in [0.15, 0.2) is 0 Å². The van der Waals surface area contributed by atoms with Crippen LogP contribution in [0.3, 0.4) is 0 Å². The number of hydrogen-bond donors (Lipinski definition) is 0. The van der Waals surface area contributed by atoms with Crippen LogP contribution in [-0.2, 0) is 0 Å². The number of rotatable bonds is 2. The molecule has 0 bridgehead atoms. The highest BCUT2D eigenvalue weighted by Gasteiger charge is 2.21. The van der Waals surface area contributed by atoms with Crippen LogP contribution in [0.25, 0.3) is 0 Å². The molecule has 94 valence electrons. The van der Waals surface area contributed by atoms with Gasteiger partial charge in [0.1, 0.15) is 11.0 Å². The molecule has 0 aliphatic carbocycles. The van der Waals surface area contributed by atoms with Crippen LogP contribution in [0.2, 0.25) is 10.4 Å². The van der Waals surface area contributed by atoms with E-state index in [9.17, 15) is 0 Å². The van der Waals surface area contributed by atoms with Gasteiger partial charge in [-0.1, -0.05) is 11.6 Å². The third-order valence-electron chi connectivity index (χ3n) is 3.17. The van der Waals surface area contributed by atoms with Gasteiger partial charge in [-0.3, -0.25) is 0 Å². The van der Waals surface area contributed by atoms with Gasteiger partial charge in [0.25, 0.3) is 0 Å². The van der Waals surface area contributed by atoms with E-state index in [1.807, 2.05) is 0 Å². The number of anilines is 1. The SMILES string of the molecule is CN(C)C1CCN(c2cc(Cl)nc(Cl)n2)CC1. The summed E-state index contributed by atoms with van der Waals surface area (Å²) in [7, 11) is 4.25. The second-order valence-corrected chi connectivity index (χ2v) is 5.23. The van der Waals surface area contributed by atoms with Crippen molar-refractivity contribution in [2.24, 2.45) is 0 Å². The molecule has 2 rings (SSSR count). The monoisotopic (exact) mass is 274 g/mol. The van der Waals surface area contributed by atoms with Crippen molar-refractivity contribution in [2.45, 2.75) is 18.9 Å². The van der Waals surface area contributed by atoms with E-state index in [2.05, 4.69) is 33.9 Å². The van der Waals surface area contributed by atoms with E-state index in [0.29, 0.717) is 11.2 Å². The predicted molar refractivity (Wildman–Crippen MR) is 71.0 cm³/mol. The molecule has 1 fully saturated rings. The highest BCUT2D eigenvalue weighted by atomic mass is 35.5. The fourth-order valence-corrected chi connectivity index (χ4v) is 2.55. The summed E-state index contributed by atoms with van der Waals surface area (Å²) < 4.78 is 0. The highest BCUT2D eigenvalue weighted by Crippen LogP contribution is 2.23. The van der Waals surface area contributed by atoms with Gasteiger partial charge < -0.3 is 9.80 Å². The Hall–Kier alpha value is -0.580. The topological polar surface area (TPSA) is 32.3 Å². The Morgan fingerprint density at radius 2 is 1.88 bits per heavy atom. The molecular formula is C11H16Cl2N4. The first-order valence-corrected chi connectivity index (χ1v) is 6.43. The van der Waals surface area contributed by atoms with Crippen molar-refractivity contribution in [2.75, 3.05) is 32.1 Å². The Morgan fingerprint density at radius 3 is 2.41 bits per heavy atom. The number of piperidine rings is 1. The Balaban J connectivity index is 2.05. The zero-order valence-electron chi connectivity index (χ0n) is 10.0. The van der Waals surface area contributed by atoms with E-state index in [-0.39, 0.29) is 5.28 Å². The molecule has 0 radical (unpaired) electrons. The fourth-order valence-electron chi connectivity index (χ4n) is 2.15. The Kier molecular flexibility index (Phi) is 4.07. The lowest BCUT2D eigenvalue weighted by Crippen LogP contribution is -2.42. The minimum atomic E-state index is 0.210. The number of aromatic nitrogens is 2. The number of hydrogen-bond acceptors (Lipinski definition) is 4. The average Bonchev–Trinajstić information content (AvgIpc) is 2.28. The van der Waals surface area contributed by atoms with Crippen molar-refractivity contribution in [3.63, 3.8) is 0 Å². The molecule has 2 heterocycles. The molecule has 0 atom stereocenters. The van der Waals surface area contributed by atoms with Crippen LogP contribution >= 0.6 is 23.2 Å². The number of nitrogens with zero attached hydrogens (tertiary/aromatic N) is 4. The van der Waals surface area contributed by atoms with Gasteiger partial charge in [-0.15, -0.1) is 0 Å². The molecule has 0 unspecified atom stereocenters. The molecule has 4 nitrogen and oxygen atoms in total. The van der Waals surface area contributed by atoms with Gasteiger partial charge in [0.2, 0.25) is 5.28 Å². The summed E-state index contributed by atoms with van der Waals surface area (Å²) in [5, 5.41) is 0.608. The zero-order valence-corrected chi connectivity index (χ0v) is 11.5. The number of halogens is 2. The molecule has 6 heteroatoms. The minimum absolute atomic E-state index is 0.210. The highest BCUT2D eigenvalue weighted by molar-refractivity contribution is 6.32. The second-order valence-electron chi connectivity index (χ2n) is 4.50. The van der Waals surface area contributed by atoms with Crippen LogP contribution in [0.1, 0.15) is 12.8 Å². The minimum Gasteiger partial charge on any atom is -0.356 e. The molecule has 0 spiro atoms. The Bertz CT molecular complexity index is 369. The molecule has 1 saturated heterocycles. The van der Waals surface area contributed by atoms with Gasteiger partial charge in [0.05, 0.1) is 0 Å². The van der Waals surface area contributed by atoms with Crippen LogP contribution in [0, 0.1) is 0 Å². The fraction of sp³-hybridized carbons (Fsp3) is 0.636. The van der Waals surface area contributed by atoms with Crippen LogP contribution in [0.5, 0.6) is 0 Å². The van der Waals surface area contributed by atoms with Gasteiger partial charge in [0, 0.05) is 25.2 Å². The maximum Gasteiger partial charge on any atom is 0.225 e. The van der Waals surface area contributed by atoms with E-state index in [1.54, 1.807) is 6.07 Å².